The van der Waals surface area contributed by atoms with E-state index in [1.54, 1.807) is 0 Å². The zero-order valence-corrected chi connectivity index (χ0v) is 17.7. The Balaban J connectivity index is 1.64. The molecule has 1 N–H and O–H groups in total. The Bertz CT molecular complexity index is 1540. The summed E-state index contributed by atoms with van der Waals surface area (Å²) >= 11 is 0. The van der Waals surface area contributed by atoms with Crippen LogP contribution >= 0.6 is 0 Å². The number of aromatic nitrogens is 3. The number of hydrogen-bond acceptors (Lipinski definition) is 2. The molecule has 154 valence electrons. The molecule has 0 radical (unpaired) electrons. The van der Waals surface area contributed by atoms with Crippen molar-refractivity contribution >= 4 is 17.3 Å². The normalized spacial score (nSPS) is 13.8. The van der Waals surface area contributed by atoms with Gasteiger partial charge in [-0.3, -0.25) is 9.89 Å². The molecule has 5 aromatic rings. The van der Waals surface area contributed by atoms with Gasteiger partial charge in [-0.1, -0.05) is 90.5 Å². The quantitative estimate of drug-likeness (QED) is 0.407. The molecule has 0 bridgehead atoms. The maximum absolute atomic E-state index is 13.1. The Morgan fingerprint density at radius 1 is 0.875 bits per heavy atom. The summed E-state index contributed by atoms with van der Waals surface area (Å²) in [5, 5.41) is 3.05. The van der Waals surface area contributed by atoms with E-state index in [1.807, 2.05) is 72.1 Å². The van der Waals surface area contributed by atoms with E-state index in [9.17, 15) is 4.79 Å². The van der Waals surface area contributed by atoms with Gasteiger partial charge in [-0.25, -0.2) is 9.50 Å². The summed E-state index contributed by atoms with van der Waals surface area (Å²) in [5.74, 6) is 0. The highest BCUT2D eigenvalue weighted by Crippen LogP contribution is 2.41. The number of hydrogen-bond donors (Lipinski definition) is 1. The van der Waals surface area contributed by atoms with E-state index in [1.165, 1.54) is 5.57 Å². The van der Waals surface area contributed by atoms with Crippen molar-refractivity contribution in [3.05, 3.63) is 118 Å². The van der Waals surface area contributed by atoms with Crippen LogP contribution in [0.25, 0.3) is 39.7 Å². The minimum absolute atomic E-state index is 0.128. The number of H-pyrrole nitrogens is 1. The lowest BCUT2D eigenvalue weighted by atomic mass is 9.83. The Kier molecular flexibility index (Phi) is 4.18. The molecule has 4 heteroatoms. The number of fused-ring (bicyclic) bond motifs is 2. The molecule has 3 aromatic carbocycles. The van der Waals surface area contributed by atoms with Crippen molar-refractivity contribution in [2.24, 2.45) is 0 Å². The van der Waals surface area contributed by atoms with Crippen LogP contribution in [0.4, 0.5) is 0 Å². The first kappa shape index (κ1) is 18.6. The van der Waals surface area contributed by atoms with Crippen molar-refractivity contribution < 1.29 is 0 Å². The van der Waals surface area contributed by atoms with Gasteiger partial charge in [0, 0.05) is 17.5 Å². The van der Waals surface area contributed by atoms with Crippen LogP contribution < -0.4 is 5.56 Å². The van der Waals surface area contributed by atoms with E-state index in [4.69, 9.17) is 4.98 Å². The summed E-state index contributed by atoms with van der Waals surface area (Å²) in [7, 11) is 0. The second kappa shape index (κ2) is 7.20. The highest BCUT2D eigenvalue weighted by Gasteiger charge is 2.30. The highest BCUT2D eigenvalue weighted by molar-refractivity contribution is 5.94. The number of rotatable bonds is 3. The summed E-state index contributed by atoms with van der Waals surface area (Å²) in [6, 6.07) is 28.5. The number of aryl methyl sites for hydroxylation is 1. The Morgan fingerprint density at radius 3 is 2.28 bits per heavy atom. The topological polar surface area (TPSA) is 50.2 Å². The van der Waals surface area contributed by atoms with E-state index in [2.05, 4.69) is 35.4 Å². The fourth-order valence-electron chi connectivity index (χ4n) is 4.46. The van der Waals surface area contributed by atoms with Gasteiger partial charge in [-0.2, -0.15) is 0 Å². The first-order chi connectivity index (χ1) is 15.7. The first-order valence-corrected chi connectivity index (χ1v) is 10.7. The SMILES string of the molecule is Cc1ccc(-c2c(=O)[nH]n3c(-c4ccccc4)c4c(nc23)/C(=C/c2ccccc2)C4)cc1. The smallest absolute Gasteiger partial charge is 0.267 e. The number of nitrogens with zero attached hydrogens (tertiary/aromatic N) is 2. The Morgan fingerprint density at radius 2 is 1.56 bits per heavy atom. The maximum atomic E-state index is 13.1. The summed E-state index contributed by atoms with van der Waals surface area (Å²) < 4.78 is 1.87. The van der Waals surface area contributed by atoms with Crippen LogP contribution in [0.15, 0.2) is 89.7 Å². The maximum Gasteiger partial charge on any atom is 0.274 e. The summed E-state index contributed by atoms with van der Waals surface area (Å²) in [6.45, 7) is 2.04. The first-order valence-electron chi connectivity index (χ1n) is 10.7. The van der Waals surface area contributed by atoms with Gasteiger partial charge in [0.05, 0.1) is 17.0 Å². The molecule has 0 saturated carbocycles. The van der Waals surface area contributed by atoms with Crippen LogP contribution in [0.1, 0.15) is 22.4 Å². The van der Waals surface area contributed by atoms with Gasteiger partial charge in [-0.15, -0.1) is 0 Å². The molecule has 0 amide bonds. The standard InChI is InChI=1S/C28H21N3O/c1-18-12-14-20(15-13-18)24-27-29-25-22(16-19-8-4-2-5-9-19)17-23(25)26(31(27)30-28(24)32)21-10-6-3-7-11-21/h2-16H,17H2,1H3,(H,30,32)/b22-16+. The van der Waals surface area contributed by atoms with Crippen molar-refractivity contribution in [1.29, 1.82) is 0 Å². The fraction of sp³-hybridized carbons (Fsp3) is 0.0714. The van der Waals surface area contributed by atoms with Gasteiger partial charge in [0.1, 0.15) is 0 Å². The van der Waals surface area contributed by atoms with Crippen LogP contribution in [-0.4, -0.2) is 14.6 Å². The van der Waals surface area contributed by atoms with E-state index >= 15 is 0 Å². The lowest BCUT2D eigenvalue weighted by molar-refractivity contribution is 0.893. The number of allylic oxidation sites excluding steroid dienone is 1. The lowest BCUT2D eigenvalue weighted by Gasteiger charge is -2.26. The van der Waals surface area contributed by atoms with Gasteiger partial charge in [0.25, 0.3) is 5.56 Å². The average Bonchev–Trinajstić information content (AvgIpc) is 3.14. The Hall–Kier alpha value is -4.18. The van der Waals surface area contributed by atoms with Crippen molar-refractivity contribution in [3.63, 3.8) is 0 Å². The number of nitrogens with one attached hydrogen (secondary N) is 1. The van der Waals surface area contributed by atoms with Gasteiger partial charge in [0.15, 0.2) is 5.65 Å². The van der Waals surface area contributed by atoms with E-state index in [0.29, 0.717) is 11.2 Å². The fourth-order valence-corrected chi connectivity index (χ4v) is 4.46. The second-order valence-corrected chi connectivity index (χ2v) is 8.25. The van der Waals surface area contributed by atoms with Crippen molar-refractivity contribution in [3.8, 4) is 22.4 Å². The molecule has 0 spiro atoms. The zero-order chi connectivity index (χ0) is 21.7. The van der Waals surface area contributed by atoms with Crippen LogP contribution in [0.3, 0.4) is 0 Å². The van der Waals surface area contributed by atoms with E-state index in [0.717, 1.165) is 45.6 Å². The van der Waals surface area contributed by atoms with Crippen molar-refractivity contribution in [2.45, 2.75) is 13.3 Å². The minimum atomic E-state index is -0.128. The summed E-state index contributed by atoms with van der Waals surface area (Å²) in [5.41, 5.74) is 9.72. The van der Waals surface area contributed by atoms with Crippen molar-refractivity contribution in [1.82, 2.24) is 14.6 Å². The molecule has 6 rings (SSSR count). The molecule has 0 unspecified atom stereocenters. The molecule has 0 saturated heterocycles. The minimum Gasteiger partial charge on any atom is -0.267 e. The third kappa shape index (κ3) is 2.92. The molecule has 1 aliphatic rings. The monoisotopic (exact) mass is 415 g/mol. The third-order valence-electron chi connectivity index (χ3n) is 6.09. The highest BCUT2D eigenvalue weighted by atomic mass is 16.1. The predicted octanol–water partition coefficient (Wildman–Crippen LogP) is 5.76. The molecule has 0 atom stereocenters. The summed E-state index contributed by atoms with van der Waals surface area (Å²) in [6.07, 6.45) is 3.01. The van der Waals surface area contributed by atoms with Gasteiger partial charge in [0.2, 0.25) is 0 Å². The zero-order valence-electron chi connectivity index (χ0n) is 17.7. The van der Waals surface area contributed by atoms with Crippen LogP contribution in [0.5, 0.6) is 0 Å². The van der Waals surface area contributed by atoms with Crippen LogP contribution in [-0.2, 0) is 6.42 Å². The molecular formula is C28H21N3O. The number of aromatic amines is 1. The average molecular weight is 415 g/mol. The van der Waals surface area contributed by atoms with Crippen molar-refractivity contribution in [2.75, 3.05) is 0 Å². The van der Waals surface area contributed by atoms with Crippen LogP contribution in [0, 0.1) is 6.92 Å². The van der Waals surface area contributed by atoms with Crippen LogP contribution in [0.2, 0.25) is 0 Å². The molecule has 0 fully saturated rings. The molecule has 2 heterocycles. The molecule has 32 heavy (non-hydrogen) atoms. The van der Waals surface area contributed by atoms with E-state index < -0.39 is 0 Å². The third-order valence-corrected chi connectivity index (χ3v) is 6.09. The molecule has 0 aliphatic heterocycles. The molecule has 1 aliphatic carbocycles. The van der Waals surface area contributed by atoms with Gasteiger partial charge < -0.3 is 0 Å². The molecular weight excluding hydrogens is 394 g/mol. The second-order valence-electron chi connectivity index (χ2n) is 8.25. The van der Waals surface area contributed by atoms with Gasteiger partial charge >= 0.3 is 0 Å². The Labute approximate surface area is 185 Å². The van der Waals surface area contributed by atoms with E-state index in [-0.39, 0.29) is 5.56 Å². The largest absolute Gasteiger partial charge is 0.274 e. The lowest BCUT2D eigenvalue weighted by Crippen LogP contribution is -2.16. The predicted molar refractivity (Wildman–Crippen MR) is 129 cm³/mol. The van der Waals surface area contributed by atoms with Gasteiger partial charge in [-0.05, 0) is 29.7 Å². The molecule has 4 nitrogen and oxygen atoms in total. The molecule has 2 aromatic heterocycles. The number of benzene rings is 3. The summed E-state index contributed by atoms with van der Waals surface area (Å²) in [4.78, 5) is 18.1.